The molecule has 0 heterocycles. The third-order valence-corrected chi connectivity index (χ3v) is 3.91. The molecule has 1 atom stereocenters. The fraction of sp³-hybridized carbons (Fsp3) is 0.500. The average Bonchev–Trinajstić information content (AvgIpc) is 2.39. The van der Waals surface area contributed by atoms with Crippen LogP contribution >= 0.6 is 15.9 Å². The molecule has 4 nitrogen and oxygen atoms in total. The number of hydrogen-bond acceptors (Lipinski definition) is 2. The summed E-state index contributed by atoms with van der Waals surface area (Å²) >= 11 is 3.47. The van der Waals surface area contributed by atoms with E-state index >= 15 is 0 Å². The Bertz CT molecular complexity index is 523. The van der Waals surface area contributed by atoms with Crippen molar-refractivity contribution in [3.05, 3.63) is 34.3 Å². The maximum atomic E-state index is 12.3. The predicted molar refractivity (Wildman–Crippen MR) is 87.7 cm³/mol. The molecule has 0 aliphatic rings. The highest BCUT2D eigenvalue weighted by Crippen LogP contribution is 2.18. The summed E-state index contributed by atoms with van der Waals surface area (Å²) in [5.41, 5.74) is 0.526. The number of likely N-dealkylation sites (N-methyl/N-ethyl adjacent to an activating group) is 1. The normalized spacial score (nSPS) is 12.7. The van der Waals surface area contributed by atoms with Gasteiger partial charge in [0.05, 0.1) is 0 Å². The van der Waals surface area contributed by atoms with Gasteiger partial charge in [0.25, 0.3) is 0 Å². The van der Waals surface area contributed by atoms with Crippen molar-refractivity contribution >= 4 is 27.7 Å². The highest BCUT2D eigenvalue weighted by Gasteiger charge is 2.26. The van der Waals surface area contributed by atoms with Crippen molar-refractivity contribution in [1.29, 1.82) is 0 Å². The SMILES string of the molecule is CC(NC(=O)C(C)(C)C)C(=O)N(C)Cc1ccccc1Br. The van der Waals surface area contributed by atoms with Crippen LogP contribution in [0.4, 0.5) is 0 Å². The van der Waals surface area contributed by atoms with Crippen molar-refractivity contribution < 1.29 is 9.59 Å². The second-order valence-corrected chi connectivity index (χ2v) is 7.09. The van der Waals surface area contributed by atoms with Crippen LogP contribution in [0.15, 0.2) is 28.7 Å². The van der Waals surface area contributed by atoms with Crippen LogP contribution in [0.3, 0.4) is 0 Å². The van der Waals surface area contributed by atoms with Gasteiger partial charge in [-0.3, -0.25) is 9.59 Å². The number of hydrogen-bond donors (Lipinski definition) is 1. The Morgan fingerprint density at radius 1 is 1.29 bits per heavy atom. The number of halogens is 1. The fourth-order valence-electron chi connectivity index (χ4n) is 1.77. The van der Waals surface area contributed by atoms with Crippen LogP contribution in [0, 0.1) is 5.41 Å². The van der Waals surface area contributed by atoms with Gasteiger partial charge < -0.3 is 10.2 Å². The van der Waals surface area contributed by atoms with E-state index in [2.05, 4.69) is 21.2 Å². The lowest BCUT2D eigenvalue weighted by Crippen LogP contribution is -2.48. The van der Waals surface area contributed by atoms with Gasteiger partial charge in [0.1, 0.15) is 6.04 Å². The maximum Gasteiger partial charge on any atom is 0.244 e. The molecule has 0 saturated heterocycles. The highest BCUT2D eigenvalue weighted by molar-refractivity contribution is 9.10. The molecule has 1 N–H and O–H groups in total. The molecule has 0 fully saturated rings. The smallest absolute Gasteiger partial charge is 0.244 e. The predicted octanol–water partition coefficient (Wildman–Crippen LogP) is 2.96. The number of carbonyl (C=O) groups excluding carboxylic acids is 2. The molecule has 21 heavy (non-hydrogen) atoms. The first-order chi connectivity index (χ1) is 9.62. The minimum Gasteiger partial charge on any atom is -0.344 e. The minimum atomic E-state index is -0.538. The molecular formula is C16H23BrN2O2. The van der Waals surface area contributed by atoms with Crippen LogP contribution in [0.1, 0.15) is 33.3 Å². The minimum absolute atomic E-state index is 0.108. The molecule has 5 heteroatoms. The number of rotatable bonds is 4. The van der Waals surface area contributed by atoms with Gasteiger partial charge in [-0.1, -0.05) is 54.9 Å². The van der Waals surface area contributed by atoms with Gasteiger partial charge >= 0.3 is 0 Å². The molecule has 0 bridgehead atoms. The van der Waals surface area contributed by atoms with E-state index < -0.39 is 11.5 Å². The Labute approximate surface area is 135 Å². The molecular weight excluding hydrogens is 332 g/mol. The molecule has 0 aliphatic heterocycles. The summed E-state index contributed by atoms with van der Waals surface area (Å²) in [7, 11) is 1.74. The van der Waals surface area contributed by atoms with Crippen LogP contribution in [0.2, 0.25) is 0 Å². The Morgan fingerprint density at radius 2 is 1.86 bits per heavy atom. The van der Waals surface area contributed by atoms with Crippen LogP contribution in [0.5, 0.6) is 0 Å². The summed E-state index contributed by atoms with van der Waals surface area (Å²) in [6.45, 7) is 7.68. The largest absolute Gasteiger partial charge is 0.344 e. The molecule has 1 aromatic rings. The molecule has 116 valence electrons. The lowest BCUT2D eigenvalue weighted by atomic mass is 9.95. The number of nitrogens with zero attached hydrogens (tertiary/aromatic N) is 1. The Balaban J connectivity index is 2.66. The number of nitrogens with one attached hydrogen (secondary N) is 1. The van der Waals surface area contributed by atoms with Gasteiger partial charge in [-0.2, -0.15) is 0 Å². The van der Waals surface area contributed by atoms with E-state index in [9.17, 15) is 9.59 Å². The number of carbonyl (C=O) groups is 2. The molecule has 2 amide bonds. The van der Waals surface area contributed by atoms with Crippen molar-refractivity contribution in [2.24, 2.45) is 5.41 Å². The van der Waals surface area contributed by atoms with E-state index in [0.717, 1.165) is 10.0 Å². The lowest BCUT2D eigenvalue weighted by molar-refractivity contribution is -0.137. The first-order valence-electron chi connectivity index (χ1n) is 6.92. The van der Waals surface area contributed by atoms with Gasteiger partial charge in [-0.25, -0.2) is 0 Å². The standard InChI is InChI=1S/C16H23BrN2O2/c1-11(18-15(21)16(2,3)4)14(20)19(5)10-12-8-6-7-9-13(12)17/h6-9,11H,10H2,1-5H3,(H,18,21). The van der Waals surface area contributed by atoms with Gasteiger partial charge in [0.2, 0.25) is 11.8 Å². The number of benzene rings is 1. The van der Waals surface area contributed by atoms with Crippen LogP contribution in [-0.2, 0) is 16.1 Å². The third kappa shape index (κ3) is 5.16. The van der Waals surface area contributed by atoms with E-state index in [-0.39, 0.29) is 11.8 Å². The summed E-state index contributed by atoms with van der Waals surface area (Å²) in [6, 6.07) is 7.24. The quantitative estimate of drug-likeness (QED) is 0.903. The van der Waals surface area contributed by atoms with Crippen LogP contribution in [0.25, 0.3) is 0 Å². The topological polar surface area (TPSA) is 49.4 Å². The van der Waals surface area contributed by atoms with Crippen molar-refractivity contribution in [1.82, 2.24) is 10.2 Å². The molecule has 0 aromatic heterocycles. The second-order valence-electron chi connectivity index (χ2n) is 6.23. The van der Waals surface area contributed by atoms with Crippen molar-refractivity contribution in [2.75, 3.05) is 7.05 Å². The molecule has 1 aromatic carbocycles. The molecule has 0 aliphatic carbocycles. The first kappa shape index (κ1) is 17.7. The van der Waals surface area contributed by atoms with Crippen molar-refractivity contribution in [2.45, 2.75) is 40.3 Å². The third-order valence-electron chi connectivity index (χ3n) is 3.14. The monoisotopic (exact) mass is 354 g/mol. The molecule has 0 saturated carbocycles. The van der Waals surface area contributed by atoms with Gasteiger partial charge in [0.15, 0.2) is 0 Å². The van der Waals surface area contributed by atoms with E-state index in [1.54, 1.807) is 18.9 Å². The Hall–Kier alpha value is -1.36. The lowest BCUT2D eigenvalue weighted by Gasteiger charge is -2.25. The summed E-state index contributed by atoms with van der Waals surface area (Å²) in [4.78, 5) is 25.9. The zero-order valence-corrected chi connectivity index (χ0v) is 14.8. The Morgan fingerprint density at radius 3 is 2.38 bits per heavy atom. The van der Waals surface area contributed by atoms with Crippen molar-refractivity contribution in [3.8, 4) is 0 Å². The zero-order chi connectivity index (χ0) is 16.2. The highest BCUT2D eigenvalue weighted by atomic mass is 79.9. The maximum absolute atomic E-state index is 12.3. The molecule has 1 unspecified atom stereocenters. The summed E-state index contributed by atoms with van der Waals surface area (Å²) < 4.78 is 0.969. The summed E-state index contributed by atoms with van der Waals surface area (Å²) in [6.07, 6.45) is 0. The van der Waals surface area contributed by atoms with Gasteiger partial charge in [-0.05, 0) is 18.6 Å². The summed E-state index contributed by atoms with van der Waals surface area (Å²) in [5, 5.41) is 2.76. The average molecular weight is 355 g/mol. The fourth-order valence-corrected chi connectivity index (χ4v) is 2.18. The van der Waals surface area contributed by atoms with E-state index in [1.165, 1.54) is 0 Å². The van der Waals surface area contributed by atoms with Gasteiger partial charge in [0, 0.05) is 23.5 Å². The van der Waals surface area contributed by atoms with E-state index in [1.807, 2.05) is 45.0 Å². The zero-order valence-electron chi connectivity index (χ0n) is 13.2. The van der Waals surface area contributed by atoms with Gasteiger partial charge in [-0.15, -0.1) is 0 Å². The van der Waals surface area contributed by atoms with Crippen LogP contribution in [-0.4, -0.2) is 29.8 Å². The molecule has 0 spiro atoms. The van der Waals surface area contributed by atoms with Crippen molar-refractivity contribution in [3.63, 3.8) is 0 Å². The van der Waals surface area contributed by atoms with Crippen LogP contribution < -0.4 is 5.32 Å². The number of amides is 2. The summed E-state index contributed by atoms with van der Waals surface area (Å²) in [5.74, 6) is -0.235. The second kappa shape index (κ2) is 7.07. The Kier molecular flexibility index (Phi) is 5.96. The van der Waals surface area contributed by atoms with E-state index in [0.29, 0.717) is 6.54 Å². The first-order valence-corrected chi connectivity index (χ1v) is 7.71. The van der Waals surface area contributed by atoms with E-state index in [4.69, 9.17) is 0 Å². The molecule has 1 rings (SSSR count). The molecule has 0 radical (unpaired) electrons.